The first-order valence-electron chi connectivity index (χ1n) is 6.14. The third-order valence-electron chi connectivity index (χ3n) is 2.65. The van der Waals surface area contributed by atoms with E-state index in [1.807, 2.05) is 42.5 Å². The largest absolute Gasteiger partial charge is 0.488 e. The fourth-order valence-electron chi connectivity index (χ4n) is 1.72. The number of hydrogen-bond donors (Lipinski definition) is 1. The molecular formula is C16H16NO2. The second kappa shape index (κ2) is 6.59. The minimum atomic E-state index is -0.168. The van der Waals surface area contributed by atoms with E-state index in [0.717, 1.165) is 5.56 Å². The van der Waals surface area contributed by atoms with Gasteiger partial charge in [0.1, 0.15) is 12.4 Å². The Bertz CT molecular complexity index is 537. The summed E-state index contributed by atoms with van der Waals surface area (Å²) in [5, 5.41) is 2.67. The monoisotopic (exact) mass is 254 g/mol. The zero-order valence-electron chi connectivity index (χ0n) is 10.6. The lowest BCUT2D eigenvalue weighted by Gasteiger charge is -2.11. The van der Waals surface area contributed by atoms with Crippen LogP contribution in [0, 0.1) is 6.92 Å². The maximum absolute atomic E-state index is 11.8. The van der Waals surface area contributed by atoms with Crippen LogP contribution < -0.4 is 10.1 Å². The van der Waals surface area contributed by atoms with Gasteiger partial charge in [-0.1, -0.05) is 42.5 Å². The lowest BCUT2D eigenvalue weighted by Crippen LogP contribution is -2.23. The second-order valence-corrected chi connectivity index (χ2v) is 4.03. The number of nitrogens with one attached hydrogen (secondary N) is 1. The number of carbonyl (C=O) groups excluding carboxylic acids is 1. The van der Waals surface area contributed by atoms with Gasteiger partial charge in [0.15, 0.2) is 0 Å². The molecule has 19 heavy (non-hydrogen) atoms. The molecule has 3 heteroatoms. The highest BCUT2D eigenvalue weighted by atomic mass is 16.5. The molecule has 2 rings (SSSR count). The van der Waals surface area contributed by atoms with Crippen molar-refractivity contribution < 1.29 is 9.53 Å². The highest BCUT2D eigenvalue weighted by Gasteiger charge is 2.10. The molecule has 1 amide bonds. The molecule has 0 fully saturated rings. The van der Waals surface area contributed by atoms with Gasteiger partial charge in [-0.25, -0.2) is 0 Å². The molecule has 2 aromatic carbocycles. The van der Waals surface area contributed by atoms with Crippen molar-refractivity contribution in [1.82, 2.24) is 5.32 Å². The molecule has 1 radical (unpaired) electrons. The van der Waals surface area contributed by atoms with Gasteiger partial charge in [0.05, 0.1) is 5.56 Å². The zero-order valence-corrected chi connectivity index (χ0v) is 10.6. The molecule has 3 nitrogen and oxygen atoms in total. The van der Waals surface area contributed by atoms with Crippen molar-refractivity contribution in [1.29, 1.82) is 0 Å². The summed E-state index contributed by atoms with van der Waals surface area (Å²) in [7, 11) is 0. The number of ether oxygens (including phenoxy) is 1. The maximum atomic E-state index is 11.8. The Labute approximate surface area is 113 Å². The molecule has 0 atom stereocenters. The van der Waals surface area contributed by atoms with E-state index in [1.54, 1.807) is 12.1 Å². The van der Waals surface area contributed by atoms with E-state index in [2.05, 4.69) is 12.2 Å². The van der Waals surface area contributed by atoms with Crippen LogP contribution in [0.5, 0.6) is 5.75 Å². The Kier molecular flexibility index (Phi) is 4.56. The van der Waals surface area contributed by atoms with Crippen molar-refractivity contribution in [3.8, 4) is 5.75 Å². The molecule has 97 valence electrons. The van der Waals surface area contributed by atoms with Crippen LogP contribution in [-0.2, 0) is 6.61 Å². The smallest absolute Gasteiger partial charge is 0.255 e. The van der Waals surface area contributed by atoms with Crippen molar-refractivity contribution in [2.75, 3.05) is 6.54 Å². The number of hydrogen-bond acceptors (Lipinski definition) is 2. The van der Waals surface area contributed by atoms with Crippen LogP contribution in [0.15, 0.2) is 54.6 Å². The quantitative estimate of drug-likeness (QED) is 0.891. The Balaban J connectivity index is 2.10. The van der Waals surface area contributed by atoms with E-state index >= 15 is 0 Å². The van der Waals surface area contributed by atoms with Gasteiger partial charge >= 0.3 is 0 Å². The van der Waals surface area contributed by atoms with E-state index < -0.39 is 0 Å². The average molecular weight is 254 g/mol. The van der Waals surface area contributed by atoms with Crippen LogP contribution in [0.2, 0.25) is 0 Å². The molecule has 1 N–H and O–H groups in total. The normalized spacial score (nSPS) is 9.95. The lowest BCUT2D eigenvalue weighted by molar-refractivity contribution is 0.0953. The number of para-hydroxylation sites is 1. The molecule has 0 aliphatic heterocycles. The molecule has 0 saturated heterocycles. The van der Waals surface area contributed by atoms with Crippen molar-refractivity contribution in [3.05, 3.63) is 72.6 Å². The molecule has 0 spiro atoms. The summed E-state index contributed by atoms with van der Waals surface area (Å²) in [6.45, 7) is 4.39. The molecule has 0 unspecified atom stereocenters. The molecule has 2 aromatic rings. The maximum Gasteiger partial charge on any atom is 0.255 e. The minimum absolute atomic E-state index is 0.168. The summed E-state index contributed by atoms with van der Waals surface area (Å²) in [4.78, 5) is 11.8. The van der Waals surface area contributed by atoms with Gasteiger partial charge in [-0.15, -0.1) is 0 Å². The van der Waals surface area contributed by atoms with E-state index in [0.29, 0.717) is 24.5 Å². The van der Waals surface area contributed by atoms with Crippen molar-refractivity contribution in [2.45, 2.75) is 6.61 Å². The van der Waals surface area contributed by atoms with Crippen LogP contribution in [0.1, 0.15) is 15.9 Å². The number of benzene rings is 2. The number of rotatable bonds is 5. The van der Waals surface area contributed by atoms with E-state index in [4.69, 9.17) is 4.74 Å². The van der Waals surface area contributed by atoms with Crippen molar-refractivity contribution in [2.24, 2.45) is 0 Å². The SMILES string of the molecule is [CH2]CNC(=O)c1ccccc1OCc1ccccc1. The van der Waals surface area contributed by atoms with Gasteiger partial charge in [0.2, 0.25) is 0 Å². The summed E-state index contributed by atoms with van der Waals surface area (Å²) >= 11 is 0. The minimum Gasteiger partial charge on any atom is -0.488 e. The van der Waals surface area contributed by atoms with Gasteiger partial charge in [-0.2, -0.15) is 0 Å². The average Bonchev–Trinajstić information content (AvgIpc) is 2.47. The predicted octanol–water partition coefficient (Wildman–Crippen LogP) is 2.83. The Morgan fingerprint density at radius 3 is 2.47 bits per heavy atom. The highest BCUT2D eigenvalue weighted by molar-refractivity contribution is 5.96. The Morgan fingerprint density at radius 2 is 1.74 bits per heavy atom. The molecule has 0 aromatic heterocycles. The summed E-state index contributed by atoms with van der Waals surface area (Å²) in [6.07, 6.45) is 0. The Hall–Kier alpha value is -2.29. The van der Waals surface area contributed by atoms with Crippen molar-refractivity contribution in [3.63, 3.8) is 0 Å². The van der Waals surface area contributed by atoms with Crippen LogP contribution in [0.3, 0.4) is 0 Å². The Morgan fingerprint density at radius 1 is 1.05 bits per heavy atom. The summed E-state index contributed by atoms with van der Waals surface area (Å²) < 4.78 is 5.71. The van der Waals surface area contributed by atoms with Crippen LogP contribution in [-0.4, -0.2) is 12.5 Å². The number of carbonyl (C=O) groups is 1. The van der Waals surface area contributed by atoms with Gasteiger partial charge < -0.3 is 10.1 Å². The summed E-state index contributed by atoms with van der Waals surface area (Å²) in [5.74, 6) is 0.413. The first-order chi connectivity index (χ1) is 9.31. The first-order valence-corrected chi connectivity index (χ1v) is 6.14. The van der Waals surface area contributed by atoms with E-state index in [-0.39, 0.29) is 5.91 Å². The molecule has 0 bridgehead atoms. The van der Waals surface area contributed by atoms with Crippen LogP contribution in [0.25, 0.3) is 0 Å². The van der Waals surface area contributed by atoms with Crippen LogP contribution >= 0.6 is 0 Å². The predicted molar refractivity (Wildman–Crippen MR) is 74.9 cm³/mol. The number of amides is 1. The van der Waals surface area contributed by atoms with Gasteiger partial charge in [0.25, 0.3) is 5.91 Å². The highest BCUT2D eigenvalue weighted by Crippen LogP contribution is 2.19. The third-order valence-corrected chi connectivity index (χ3v) is 2.65. The molecular weight excluding hydrogens is 238 g/mol. The molecule has 0 aliphatic rings. The fourth-order valence-corrected chi connectivity index (χ4v) is 1.72. The fraction of sp³-hybridized carbons (Fsp3) is 0.125. The van der Waals surface area contributed by atoms with Crippen LogP contribution in [0.4, 0.5) is 0 Å². The second-order valence-electron chi connectivity index (χ2n) is 4.03. The van der Waals surface area contributed by atoms with Crippen molar-refractivity contribution >= 4 is 5.91 Å². The standard InChI is InChI=1S/C16H16NO2/c1-2-17-16(18)14-10-6-7-11-15(14)19-12-13-8-4-3-5-9-13/h3-11H,1-2,12H2,(H,17,18). The van der Waals surface area contributed by atoms with Gasteiger partial charge in [-0.3, -0.25) is 4.79 Å². The van der Waals surface area contributed by atoms with Gasteiger partial charge in [0, 0.05) is 6.54 Å². The third kappa shape index (κ3) is 3.58. The first kappa shape index (κ1) is 13.1. The van der Waals surface area contributed by atoms with E-state index in [9.17, 15) is 4.79 Å². The molecule has 0 heterocycles. The topological polar surface area (TPSA) is 38.3 Å². The summed E-state index contributed by atoms with van der Waals surface area (Å²) in [6, 6.07) is 17.0. The zero-order chi connectivity index (χ0) is 13.5. The lowest BCUT2D eigenvalue weighted by atomic mass is 10.2. The molecule has 0 aliphatic carbocycles. The van der Waals surface area contributed by atoms with Gasteiger partial charge in [-0.05, 0) is 24.6 Å². The summed E-state index contributed by atoms with van der Waals surface area (Å²) in [5.41, 5.74) is 1.59. The van der Waals surface area contributed by atoms with E-state index in [1.165, 1.54) is 0 Å². The molecule has 0 saturated carbocycles.